The molecular weight excluding hydrogens is 272 g/mol. The molecule has 0 unspecified atom stereocenters. The minimum absolute atomic E-state index is 0.0718. The van der Waals surface area contributed by atoms with E-state index in [0.29, 0.717) is 6.54 Å². The molecule has 0 heterocycles. The molecule has 0 spiro atoms. The van der Waals surface area contributed by atoms with Crippen LogP contribution in [0.1, 0.15) is 18.1 Å². The van der Waals surface area contributed by atoms with Crippen LogP contribution in [0.5, 0.6) is 0 Å². The number of halogens is 1. The number of rotatable bonds is 4. The molecule has 0 aliphatic heterocycles. The Hall–Kier alpha value is -2.00. The van der Waals surface area contributed by atoms with Gasteiger partial charge in [-0.2, -0.15) is 0 Å². The average molecular weight is 289 g/mol. The van der Waals surface area contributed by atoms with Gasteiger partial charge in [0.1, 0.15) is 0 Å². The summed E-state index contributed by atoms with van der Waals surface area (Å²) in [7, 11) is 0. The molecule has 2 rings (SSSR count). The molecule has 20 heavy (non-hydrogen) atoms. The van der Waals surface area contributed by atoms with Crippen molar-refractivity contribution in [2.75, 3.05) is 10.6 Å². The van der Waals surface area contributed by atoms with Crippen molar-refractivity contribution in [2.45, 2.75) is 20.4 Å². The van der Waals surface area contributed by atoms with Crippen LogP contribution in [0.3, 0.4) is 0 Å². The largest absolute Gasteiger partial charge is 0.381 e. The zero-order chi connectivity index (χ0) is 14.5. The zero-order valence-corrected chi connectivity index (χ0v) is 12.3. The molecule has 0 aliphatic rings. The first kappa shape index (κ1) is 14.4. The molecule has 0 aromatic heterocycles. The standard InChI is InChI=1S/C16H17ClN2O/c1-11-3-8-15(19-12(2)20)9-16(11)18-10-13-4-6-14(17)7-5-13/h3-9,18H,10H2,1-2H3,(H,19,20). The van der Waals surface area contributed by atoms with E-state index in [1.54, 1.807) is 0 Å². The van der Waals surface area contributed by atoms with Crippen LogP contribution in [0.15, 0.2) is 42.5 Å². The molecular formula is C16H17ClN2O. The molecule has 2 aromatic carbocycles. The number of aryl methyl sites for hydroxylation is 1. The van der Waals surface area contributed by atoms with E-state index >= 15 is 0 Å². The lowest BCUT2D eigenvalue weighted by Crippen LogP contribution is -2.07. The van der Waals surface area contributed by atoms with Crippen molar-refractivity contribution in [1.82, 2.24) is 0 Å². The van der Waals surface area contributed by atoms with Crippen LogP contribution in [0, 0.1) is 6.92 Å². The predicted octanol–water partition coefficient (Wildman–Crippen LogP) is 4.22. The van der Waals surface area contributed by atoms with Crippen LogP contribution in [-0.2, 0) is 11.3 Å². The summed E-state index contributed by atoms with van der Waals surface area (Å²) in [5, 5.41) is 6.88. The van der Waals surface area contributed by atoms with Crippen molar-refractivity contribution < 1.29 is 4.79 Å². The first-order chi connectivity index (χ1) is 9.54. The van der Waals surface area contributed by atoms with Crippen LogP contribution in [0.25, 0.3) is 0 Å². The number of hydrogen-bond acceptors (Lipinski definition) is 2. The molecule has 0 saturated heterocycles. The van der Waals surface area contributed by atoms with Crippen LogP contribution < -0.4 is 10.6 Å². The van der Waals surface area contributed by atoms with Crippen molar-refractivity contribution in [3.63, 3.8) is 0 Å². The molecule has 3 nitrogen and oxygen atoms in total. The van der Waals surface area contributed by atoms with E-state index in [4.69, 9.17) is 11.6 Å². The topological polar surface area (TPSA) is 41.1 Å². The summed E-state index contributed by atoms with van der Waals surface area (Å²) in [5.41, 5.74) is 4.08. The van der Waals surface area contributed by atoms with Crippen molar-refractivity contribution >= 4 is 28.9 Å². The number of anilines is 2. The number of amides is 1. The summed E-state index contributed by atoms with van der Waals surface area (Å²) in [4.78, 5) is 11.1. The van der Waals surface area contributed by atoms with Gasteiger partial charge in [0.05, 0.1) is 0 Å². The van der Waals surface area contributed by atoms with Gasteiger partial charge in [0.15, 0.2) is 0 Å². The molecule has 0 bridgehead atoms. The van der Waals surface area contributed by atoms with Crippen molar-refractivity contribution in [3.05, 3.63) is 58.6 Å². The minimum atomic E-state index is -0.0718. The number of benzene rings is 2. The van der Waals surface area contributed by atoms with Gasteiger partial charge in [0, 0.05) is 29.9 Å². The Labute approximate surface area is 124 Å². The maximum atomic E-state index is 11.1. The van der Waals surface area contributed by atoms with E-state index < -0.39 is 0 Å². The van der Waals surface area contributed by atoms with Crippen LogP contribution in [0.4, 0.5) is 11.4 Å². The second-order valence-electron chi connectivity index (χ2n) is 4.69. The quantitative estimate of drug-likeness (QED) is 0.884. The van der Waals surface area contributed by atoms with E-state index in [-0.39, 0.29) is 5.91 Å². The third-order valence-electron chi connectivity index (χ3n) is 2.95. The smallest absolute Gasteiger partial charge is 0.221 e. The Bertz CT molecular complexity index is 608. The molecule has 1 amide bonds. The molecule has 2 N–H and O–H groups in total. The highest BCUT2D eigenvalue weighted by atomic mass is 35.5. The Morgan fingerprint density at radius 3 is 2.50 bits per heavy atom. The molecule has 0 atom stereocenters. The van der Waals surface area contributed by atoms with E-state index in [9.17, 15) is 4.79 Å². The van der Waals surface area contributed by atoms with Gasteiger partial charge in [-0.25, -0.2) is 0 Å². The van der Waals surface area contributed by atoms with Gasteiger partial charge >= 0.3 is 0 Å². The van der Waals surface area contributed by atoms with E-state index in [0.717, 1.165) is 27.5 Å². The highest BCUT2D eigenvalue weighted by Gasteiger charge is 2.02. The second-order valence-corrected chi connectivity index (χ2v) is 5.13. The average Bonchev–Trinajstić information content (AvgIpc) is 2.40. The summed E-state index contributed by atoms with van der Waals surface area (Å²) in [6.07, 6.45) is 0. The van der Waals surface area contributed by atoms with Crippen LogP contribution in [-0.4, -0.2) is 5.91 Å². The summed E-state index contributed by atoms with van der Waals surface area (Å²) < 4.78 is 0. The first-order valence-corrected chi connectivity index (χ1v) is 6.79. The van der Waals surface area contributed by atoms with Crippen molar-refractivity contribution in [1.29, 1.82) is 0 Å². The summed E-state index contributed by atoms with van der Waals surface area (Å²) in [6.45, 7) is 4.24. The van der Waals surface area contributed by atoms with E-state index in [1.165, 1.54) is 6.92 Å². The lowest BCUT2D eigenvalue weighted by molar-refractivity contribution is -0.114. The number of carbonyl (C=O) groups is 1. The molecule has 2 aromatic rings. The van der Waals surface area contributed by atoms with E-state index in [2.05, 4.69) is 10.6 Å². The minimum Gasteiger partial charge on any atom is -0.381 e. The third kappa shape index (κ3) is 4.00. The Morgan fingerprint density at radius 2 is 1.85 bits per heavy atom. The third-order valence-corrected chi connectivity index (χ3v) is 3.21. The zero-order valence-electron chi connectivity index (χ0n) is 11.5. The fourth-order valence-electron chi connectivity index (χ4n) is 1.89. The van der Waals surface area contributed by atoms with E-state index in [1.807, 2.05) is 49.4 Å². The summed E-state index contributed by atoms with van der Waals surface area (Å²) >= 11 is 5.86. The number of nitrogens with one attached hydrogen (secondary N) is 2. The van der Waals surface area contributed by atoms with Gasteiger partial charge in [-0.05, 0) is 42.3 Å². The molecule has 104 valence electrons. The maximum absolute atomic E-state index is 11.1. The highest BCUT2D eigenvalue weighted by molar-refractivity contribution is 6.30. The second kappa shape index (κ2) is 6.44. The normalized spacial score (nSPS) is 10.2. The fraction of sp³-hybridized carbons (Fsp3) is 0.188. The SMILES string of the molecule is CC(=O)Nc1ccc(C)c(NCc2ccc(Cl)cc2)c1. The summed E-state index contributed by atoms with van der Waals surface area (Å²) in [5.74, 6) is -0.0718. The monoisotopic (exact) mass is 288 g/mol. The van der Waals surface area contributed by atoms with Gasteiger partial charge in [-0.3, -0.25) is 4.79 Å². The Morgan fingerprint density at radius 1 is 1.15 bits per heavy atom. The number of hydrogen-bond donors (Lipinski definition) is 2. The number of carbonyl (C=O) groups excluding carboxylic acids is 1. The molecule has 0 aliphatic carbocycles. The predicted molar refractivity (Wildman–Crippen MR) is 84.3 cm³/mol. The molecule has 0 fully saturated rings. The van der Waals surface area contributed by atoms with Crippen LogP contribution >= 0.6 is 11.6 Å². The summed E-state index contributed by atoms with van der Waals surface area (Å²) in [6, 6.07) is 13.5. The first-order valence-electron chi connectivity index (χ1n) is 6.41. The highest BCUT2D eigenvalue weighted by Crippen LogP contribution is 2.21. The fourth-order valence-corrected chi connectivity index (χ4v) is 2.02. The molecule has 4 heteroatoms. The van der Waals surface area contributed by atoms with Gasteiger partial charge in [-0.1, -0.05) is 29.8 Å². The Balaban J connectivity index is 2.08. The van der Waals surface area contributed by atoms with Gasteiger partial charge < -0.3 is 10.6 Å². The van der Waals surface area contributed by atoms with Crippen LogP contribution in [0.2, 0.25) is 5.02 Å². The van der Waals surface area contributed by atoms with Crippen molar-refractivity contribution in [3.8, 4) is 0 Å². The molecule has 0 radical (unpaired) electrons. The van der Waals surface area contributed by atoms with Gasteiger partial charge in [0.2, 0.25) is 5.91 Å². The lowest BCUT2D eigenvalue weighted by Gasteiger charge is -2.12. The Kier molecular flexibility index (Phi) is 4.64. The van der Waals surface area contributed by atoms with Crippen molar-refractivity contribution in [2.24, 2.45) is 0 Å². The maximum Gasteiger partial charge on any atom is 0.221 e. The molecule has 0 saturated carbocycles. The lowest BCUT2D eigenvalue weighted by atomic mass is 10.1. The van der Waals surface area contributed by atoms with Gasteiger partial charge in [-0.15, -0.1) is 0 Å². The van der Waals surface area contributed by atoms with Gasteiger partial charge in [0.25, 0.3) is 0 Å².